The average molecular weight is 282 g/mol. The minimum Gasteiger partial charge on any atom is -0.314 e. The van der Waals surface area contributed by atoms with E-state index < -0.39 is 0 Å². The smallest absolute Gasteiger partial charge is 0.0178 e. The van der Waals surface area contributed by atoms with Crippen LogP contribution in [0.1, 0.15) is 38.2 Å². The molecule has 88 valence electrons. The molecular weight excluding hydrogens is 262 g/mol. The van der Waals surface area contributed by atoms with Gasteiger partial charge >= 0.3 is 0 Å². The molecule has 0 heterocycles. The number of nitrogens with one attached hydrogen (secondary N) is 1. The zero-order valence-electron chi connectivity index (χ0n) is 10.0. The van der Waals surface area contributed by atoms with Gasteiger partial charge in [-0.3, -0.25) is 0 Å². The Hall–Kier alpha value is -0.340. The minimum absolute atomic E-state index is 0.726. The highest BCUT2D eigenvalue weighted by atomic mass is 79.9. The molecular formula is C14H20BrN. The molecule has 0 aromatic heterocycles. The Balaban J connectivity index is 1.94. The maximum atomic E-state index is 3.62. The lowest BCUT2D eigenvalue weighted by Gasteiger charge is -2.44. The lowest BCUT2D eigenvalue weighted by molar-refractivity contribution is 0.185. The van der Waals surface area contributed by atoms with Gasteiger partial charge in [-0.15, -0.1) is 0 Å². The molecule has 2 rings (SSSR count). The van der Waals surface area contributed by atoms with Gasteiger partial charge in [0.25, 0.3) is 0 Å². The van der Waals surface area contributed by atoms with Crippen LogP contribution in [0.25, 0.3) is 0 Å². The van der Waals surface area contributed by atoms with Gasteiger partial charge in [0.05, 0.1) is 0 Å². The molecule has 1 saturated carbocycles. The fourth-order valence-electron chi connectivity index (χ4n) is 2.56. The quantitative estimate of drug-likeness (QED) is 0.882. The molecule has 16 heavy (non-hydrogen) atoms. The first kappa shape index (κ1) is 12.1. The third kappa shape index (κ3) is 2.49. The fraction of sp³-hybridized carbons (Fsp3) is 0.571. The molecule has 1 fully saturated rings. The summed E-state index contributed by atoms with van der Waals surface area (Å²) in [5, 5.41) is 3.62. The molecule has 0 aliphatic heterocycles. The first-order chi connectivity index (χ1) is 7.72. The van der Waals surface area contributed by atoms with Crippen molar-refractivity contribution in [1.82, 2.24) is 5.32 Å². The highest BCUT2D eigenvalue weighted by Gasteiger charge is 2.37. The summed E-state index contributed by atoms with van der Waals surface area (Å²) in [6.07, 6.45) is 2.52. The van der Waals surface area contributed by atoms with Crippen LogP contribution in [0.4, 0.5) is 0 Å². The summed E-state index contributed by atoms with van der Waals surface area (Å²) in [7, 11) is 0. The summed E-state index contributed by atoms with van der Waals surface area (Å²) >= 11 is 3.55. The molecule has 1 N–H and O–H groups in total. The molecule has 1 nitrogen and oxygen atoms in total. The van der Waals surface area contributed by atoms with Gasteiger partial charge in [0, 0.05) is 10.5 Å². The second-order valence-electron chi connectivity index (χ2n) is 4.82. The van der Waals surface area contributed by atoms with Gasteiger partial charge in [-0.05, 0) is 48.9 Å². The van der Waals surface area contributed by atoms with Crippen LogP contribution in [0.5, 0.6) is 0 Å². The van der Waals surface area contributed by atoms with Gasteiger partial charge in [0.15, 0.2) is 0 Å². The predicted octanol–water partition coefficient (Wildman–Crippen LogP) is 3.94. The van der Waals surface area contributed by atoms with E-state index in [2.05, 4.69) is 59.4 Å². The topological polar surface area (TPSA) is 12.0 Å². The average Bonchev–Trinajstić information content (AvgIpc) is 2.27. The molecule has 0 saturated heterocycles. The zero-order valence-corrected chi connectivity index (χ0v) is 11.6. The first-order valence-corrected chi connectivity index (χ1v) is 7.00. The third-order valence-electron chi connectivity index (χ3n) is 3.71. The van der Waals surface area contributed by atoms with Gasteiger partial charge in [-0.1, -0.05) is 41.9 Å². The van der Waals surface area contributed by atoms with Crippen LogP contribution in [0.3, 0.4) is 0 Å². The summed E-state index contributed by atoms with van der Waals surface area (Å²) in [5.74, 6) is 1.51. The zero-order chi connectivity index (χ0) is 11.5. The van der Waals surface area contributed by atoms with E-state index in [1.54, 1.807) is 0 Å². The molecule has 1 aromatic rings. The van der Waals surface area contributed by atoms with Gasteiger partial charge in [-0.2, -0.15) is 0 Å². The van der Waals surface area contributed by atoms with E-state index >= 15 is 0 Å². The van der Waals surface area contributed by atoms with Crippen molar-refractivity contribution in [3.05, 3.63) is 34.3 Å². The summed E-state index contributed by atoms with van der Waals surface area (Å²) in [4.78, 5) is 0. The highest BCUT2D eigenvalue weighted by Crippen LogP contribution is 2.42. The van der Waals surface area contributed by atoms with Crippen molar-refractivity contribution in [2.45, 2.75) is 38.6 Å². The molecule has 1 aliphatic carbocycles. The van der Waals surface area contributed by atoms with Crippen LogP contribution < -0.4 is 5.32 Å². The van der Waals surface area contributed by atoms with E-state index in [-0.39, 0.29) is 0 Å². The van der Waals surface area contributed by atoms with E-state index in [0.29, 0.717) is 0 Å². The van der Waals surface area contributed by atoms with Gasteiger partial charge in [-0.25, -0.2) is 0 Å². The number of halogens is 1. The van der Waals surface area contributed by atoms with Crippen molar-refractivity contribution >= 4 is 15.9 Å². The Labute approximate surface area is 107 Å². The maximum absolute atomic E-state index is 3.62. The minimum atomic E-state index is 0.726. The molecule has 0 spiro atoms. The second kappa shape index (κ2) is 5.33. The lowest BCUT2D eigenvalue weighted by Crippen LogP contribution is -2.48. The summed E-state index contributed by atoms with van der Waals surface area (Å²) < 4.78 is 1.20. The van der Waals surface area contributed by atoms with Gasteiger partial charge in [0.2, 0.25) is 0 Å². The molecule has 3 unspecified atom stereocenters. The number of rotatable bonds is 4. The van der Waals surface area contributed by atoms with E-state index in [9.17, 15) is 0 Å². The van der Waals surface area contributed by atoms with Crippen LogP contribution in [0.15, 0.2) is 28.7 Å². The fourth-order valence-corrected chi connectivity index (χ4v) is 2.98. The summed E-state index contributed by atoms with van der Waals surface area (Å²) in [5.41, 5.74) is 1.48. The molecule has 0 amide bonds. The van der Waals surface area contributed by atoms with Crippen molar-refractivity contribution in [2.24, 2.45) is 5.92 Å². The highest BCUT2D eigenvalue weighted by molar-refractivity contribution is 9.10. The number of benzene rings is 1. The summed E-state index contributed by atoms with van der Waals surface area (Å²) in [6.45, 7) is 5.74. The molecule has 3 atom stereocenters. The van der Waals surface area contributed by atoms with Crippen LogP contribution in [0, 0.1) is 5.92 Å². The molecule has 1 aromatic carbocycles. The first-order valence-electron chi connectivity index (χ1n) is 6.21. The van der Waals surface area contributed by atoms with Gasteiger partial charge < -0.3 is 5.32 Å². The monoisotopic (exact) mass is 281 g/mol. The second-order valence-corrected chi connectivity index (χ2v) is 5.73. The standard InChI is InChI=1S/C14H20BrN/c1-3-7-16-14-9-13(10(14)2)11-5-4-6-12(15)8-11/h4-6,8,10,13-14,16H,3,7,9H2,1-2H3. The van der Waals surface area contributed by atoms with Crippen LogP contribution >= 0.6 is 15.9 Å². The van der Waals surface area contributed by atoms with E-state index in [1.165, 1.54) is 22.9 Å². The Morgan fingerprint density at radius 1 is 1.44 bits per heavy atom. The number of hydrogen-bond donors (Lipinski definition) is 1. The Bertz CT molecular complexity index is 350. The normalized spacial score (nSPS) is 28.8. The van der Waals surface area contributed by atoms with E-state index in [4.69, 9.17) is 0 Å². The predicted molar refractivity (Wildman–Crippen MR) is 72.7 cm³/mol. The SMILES string of the molecule is CCCNC1CC(c2cccc(Br)c2)C1C. The van der Waals surface area contributed by atoms with Crippen molar-refractivity contribution in [1.29, 1.82) is 0 Å². The van der Waals surface area contributed by atoms with Crippen molar-refractivity contribution in [3.63, 3.8) is 0 Å². The van der Waals surface area contributed by atoms with Crippen LogP contribution in [0.2, 0.25) is 0 Å². The van der Waals surface area contributed by atoms with Crippen molar-refractivity contribution < 1.29 is 0 Å². The molecule has 2 heteroatoms. The van der Waals surface area contributed by atoms with Crippen LogP contribution in [-0.2, 0) is 0 Å². The lowest BCUT2D eigenvalue weighted by atomic mass is 9.67. The van der Waals surface area contributed by atoms with Gasteiger partial charge in [0.1, 0.15) is 0 Å². The molecule has 1 aliphatic rings. The van der Waals surface area contributed by atoms with Crippen molar-refractivity contribution in [2.75, 3.05) is 6.54 Å². The molecule has 0 bridgehead atoms. The Morgan fingerprint density at radius 3 is 2.88 bits per heavy atom. The van der Waals surface area contributed by atoms with E-state index in [1.807, 2.05) is 0 Å². The van der Waals surface area contributed by atoms with Crippen molar-refractivity contribution in [3.8, 4) is 0 Å². The molecule has 0 radical (unpaired) electrons. The maximum Gasteiger partial charge on any atom is 0.0178 e. The largest absolute Gasteiger partial charge is 0.314 e. The Morgan fingerprint density at radius 2 is 2.25 bits per heavy atom. The third-order valence-corrected chi connectivity index (χ3v) is 4.20. The van der Waals surface area contributed by atoms with Crippen LogP contribution in [-0.4, -0.2) is 12.6 Å². The summed E-state index contributed by atoms with van der Waals surface area (Å²) in [6, 6.07) is 9.47. The number of hydrogen-bond acceptors (Lipinski definition) is 1. The van der Waals surface area contributed by atoms with E-state index in [0.717, 1.165) is 24.4 Å². The Kier molecular flexibility index (Phi) is 4.04.